The number of aromatic nitrogens is 2. The average molecular weight is 271 g/mol. The minimum absolute atomic E-state index is 0.180. The van der Waals surface area contributed by atoms with E-state index in [9.17, 15) is 4.79 Å². The number of anilines is 1. The van der Waals surface area contributed by atoms with Crippen molar-refractivity contribution in [3.63, 3.8) is 0 Å². The van der Waals surface area contributed by atoms with Crippen LogP contribution in [0.25, 0.3) is 0 Å². The Morgan fingerprint density at radius 3 is 2.50 bits per heavy atom. The van der Waals surface area contributed by atoms with Crippen LogP contribution in [0.4, 0.5) is 5.69 Å². The largest absolute Gasteiger partial charge is 0.464 e. The third kappa shape index (κ3) is 3.32. The van der Waals surface area contributed by atoms with Gasteiger partial charge in [0.15, 0.2) is 0 Å². The molecule has 0 spiro atoms. The smallest absolute Gasteiger partial charge is 0.316 e. The zero-order valence-corrected chi connectivity index (χ0v) is 11.8. The summed E-state index contributed by atoms with van der Waals surface area (Å²) in [5.41, 5.74) is 3.39. The van der Waals surface area contributed by atoms with Crippen molar-refractivity contribution in [1.29, 1.82) is 0 Å². The first kappa shape index (κ1) is 14.0. The Balaban J connectivity index is 2.08. The first-order valence-electron chi connectivity index (χ1n) is 6.43. The average Bonchev–Trinajstić information content (AvgIpc) is 2.44. The number of nitrogens with zero attached hydrogens (tertiary/aromatic N) is 2. The number of ether oxygens (including phenoxy) is 1. The highest BCUT2D eigenvalue weighted by atomic mass is 16.5. The van der Waals surface area contributed by atoms with Crippen LogP contribution in [0.2, 0.25) is 0 Å². The van der Waals surface area contributed by atoms with E-state index in [0.717, 1.165) is 11.1 Å². The summed E-state index contributed by atoms with van der Waals surface area (Å²) in [6.45, 7) is 6.36. The van der Waals surface area contributed by atoms with E-state index in [1.807, 2.05) is 32.9 Å². The molecule has 20 heavy (non-hydrogen) atoms. The molecule has 0 atom stereocenters. The molecule has 0 saturated carbocycles. The van der Waals surface area contributed by atoms with Gasteiger partial charge in [-0.2, -0.15) is 0 Å². The third-order valence-electron chi connectivity index (χ3n) is 2.93. The van der Waals surface area contributed by atoms with Gasteiger partial charge in [0.1, 0.15) is 0 Å². The molecule has 1 aromatic carbocycles. The Bertz CT molecular complexity index is 609. The van der Waals surface area contributed by atoms with E-state index in [4.69, 9.17) is 4.74 Å². The van der Waals surface area contributed by atoms with E-state index in [1.165, 1.54) is 12.4 Å². The molecule has 0 bridgehead atoms. The lowest BCUT2D eigenvalue weighted by Crippen LogP contribution is -2.12. The molecule has 0 aliphatic rings. The summed E-state index contributed by atoms with van der Waals surface area (Å²) in [6, 6.07) is 5.89. The van der Waals surface area contributed by atoms with Gasteiger partial charge in [0, 0.05) is 5.56 Å². The molecule has 0 unspecified atom stereocenters. The van der Waals surface area contributed by atoms with E-state index in [-0.39, 0.29) is 5.91 Å². The molecular weight excluding hydrogens is 254 g/mol. The zero-order chi connectivity index (χ0) is 14.5. The predicted molar refractivity (Wildman–Crippen MR) is 77.1 cm³/mol. The van der Waals surface area contributed by atoms with Crippen molar-refractivity contribution in [2.75, 3.05) is 11.9 Å². The maximum absolute atomic E-state index is 12.1. The highest BCUT2D eigenvalue weighted by Gasteiger charge is 2.08. The first-order chi connectivity index (χ1) is 9.60. The van der Waals surface area contributed by atoms with Gasteiger partial charge in [0.25, 0.3) is 5.91 Å². The van der Waals surface area contributed by atoms with Gasteiger partial charge in [-0.1, -0.05) is 6.07 Å². The van der Waals surface area contributed by atoms with Gasteiger partial charge in [0.2, 0.25) is 0 Å². The number of hydrogen-bond donors (Lipinski definition) is 1. The molecular formula is C15H17N3O2. The molecule has 5 nitrogen and oxygen atoms in total. The van der Waals surface area contributed by atoms with Crippen molar-refractivity contribution in [2.45, 2.75) is 20.8 Å². The highest BCUT2D eigenvalue weighted by Crippen LogP contribution is 2.13. The van der Waals surface area contributed by atoms with E-state index in [0.29, 0.717) is 23.9 Å². The highest BCUT2D eigenvalue weighted by molar-refractivity contribution is 6.04. The Morgan fingerprint density at radius 2 is 1.90 bits per heavy atom. The Morgan fingerprint density at radius 1 is 1.20 bits per heavy atom. The van der Waals surface area contributed by atoms with Gasteiger partial charge in [0.05, 0.1) is 24.7 Å². The normalized spacial score (nSPS) is 10.2. The van der Waals surface area contributed by atoms with Crippen LogP contribution in [0.5, 0.6) is 6.01 Å². The van der Waals surface area contributed by atoms with E-state index >= 15 is 0 Å². The summed E-state index contributed by atoms with van der Waals surface area (Å²) >= 11 is 0. The molecule has 1 aromatic heterocycles. The number of amides is 1. The van der Waals surface area contributed by atoms with Gasteiger partial charge < -0.3 is 10.1 Å². The number of carbonyl (C=O) groups excluding carboxylic acids is 1. The molecule has 0 aliphatic heterocycles. The Kier molecular flexibility index (Phi) is 4.30. The molecule has 1 N–H and O–H groups in total. The molecule has 1 heterocycles. The summed E-state index contributed by atoms with van der Waals surface area (Å²) in [4.78, 5) is 20.1. The van der Waals surface area contributed by atoms with Crippen LogP contribution in [-0.4, -0.2) is 22.5 Å². The summed E-state index contributed by atoms with van der Waals surface area (Å²) < 4.78 is 5.14. The monoisotopic (exact) mass is 271 g/mol. The van der Waals surface area contributed by atoms with Crippen molar-refractivity contribution in [2.24, 2.45) is 0 Å². The molecule has 0 radical (unpaired) electrons. The van der Waals surface area contributed by atoms with Gasteiger partial charge in [-0.05, 0) is 44.0 Å². The van der Waals surface area contributed by atoms with Crippen LogP contribution in [0.15, 0.2) is 30.6 Å². The maximum Gasteiger partial charge on any atom is 0.316 e. The number of rotatable bonds is 4. The second-order valence-corrected chi connectivity index (χ2v) is 4.44. The van der Waals surface area contributed by atoms with Gasteiger partial charge >= 0.3 is 6.01 Å². The topological polar surface area (TPSA) is 64.1 Å². The number of carbonyl (C=O) groups is 1. The number of benzene rings is 1. The fraction of sp³-hybridized carbons (Fsp3) is 0.267. The standard InChI is InChI=1S/C15H17N3O2/c1-4-20-15-16-8-13(9-17-15)18-14(19)12-6-5-10(2)11(3)7-12/h5-9H,4H2,1-3H3,(H,18,19). The van der Waals surface area contributed by atoms with Gasteiger partial charge in [-0.15, -0.1) is 0 Å². The molecule has 0 aliphatic carbocycles. The third-order valence-corrected chi connectivity index (χ3v) is 2.93. The van der Waals surface area contributed by atoms with Crippen molar-refractivity contribution in [1.82, 2.24) is 9.97 Å². The van der Waals surface area contributed by atoms with E-state index in [2.05, 4.69) is 15.3 Å². The van der Waals surface area contributed by atoms with Gasteiger partial charge in [-0.3, -0.25) is 4.79 Å². The van der Waals surface area contributed by atoms with Crippen LogP contribution in [0.1, 0.15) is 28.4 Å². The molecule has 1 amide bonds. The molecule has 104 valence electrons. The zero-order valence-electron chi connectivity index (χ0n) is 11.8. The predicted octanol–water partition coefficient (Wildman–Crippen LogP) is 2.74. The second-order valence-electron chi connectivity index (χ2n) is 4.44. The van der Waals surface area contributed by atoms with Crippen molar-refractivity contribution >= 4 is 11.6 Å². The van der Waals surface area contributed by atoms with Crippen LogP contribution >= 0.6 is 0 Å². The maximum atomic E-state index is 12.1. The molecule has 0 saturated heterocycles. The number of hydrogen-bond acceptors (Lipinski definition) is 4. The minimum Gasteiger partial charge on any atom is -0.464 e. The summed E-state index contributed by atoms with van der Waals surface area (Å²) in [6.07, 6.45) is 3.05. The number of aryl methyl sites for hydroxylation is 2. The fourth-order valence-electron chi connectivity index (χ4n) is 1.67. The lowest BCUT2D eigenvalue weighted by Gasteiger charge is -2.07. The summed E-state index contributed by atoms with van der Waals surface area (Å²) in [5, 5.41) is 2.75. The molecule has 2 aromatic rings. The van der Waals surface area contributed by atoms with E-state index < -0.39 is 0 Å². The Hall–Kier alpha value is -2.43. The SMILES string of the molecule is CCOc1ncc(NC(=O)c2ccc(C)c(C)c2)cn1. The summed E-state index contributed by atoms with van der Waals surface area (Å²) in [7, 11) is 0. The van der Waals surface area contributed by atoms with E-state index in [1.54, 1.807) is 6.07 Å². The van der Waals surface area contributed by atoms with Crippen LogP contribution in [0.3, 0.4) is 0 Å². The van der Waals surface area contributed by atoms with Crippen molar-refractivity contribution < 1.29 is 9.53 Å². The summed E-state index contributed by atoms with van der Waals surface area (Å²) in [5.74, 6) is -0.180. The lowest BCUT2D eigenvalue weighted by molar-refractivity contribution is 0.102. The van der Waals surface area contributed by atoms with Crippen LogP contribution < -0.4 is 10.1 Å². The quantitative estimate of drug-likeness (QED) is 0.928. The first-order valence-corrected chi connectivity index (χ1v) is 6.43. The minimum atomic E-state index is -0.180. The molecule has 0 fully saturated rings. The number of nitrogens with one attached hydrogen (secondary N) is 1. The fourth-order valence-corrected chi connectivity index (χ4v) is 1.67. The van der Waals surface area contributed by atoms with Crippen LogP contribution in [0, 0.1) is 13.8 Å². The van der Waals surface area contributed by atoms with Gasteiger partial charge in [-0.25, -0.2) is 9.97 Å². The molecule has 5 heteroatoms. The Labute approximate surface area is 118 Å². The van der Waals surface area contributed by atoms with Crippen LogP contribution in [-0.2, 0) is 0 Å². The molecule has 2 rings (SSSR count). The second kappa shape index (κ2) is 6.14. The lowest BCUT2D eigenvalue weighted by atomic mass is 10.1. The van der Waals surface area contributed by atoms with Crippen molar-refractivity contribution in [3.05, 3.63) is 47.3 Å². The van der Waals surface area contributed by atoms with Crippen molar-refractivity contribution in [3.8, 4) is 6.01 Å².